The third-order valence-electron chi connectivity index (χ3n) is 3.11. The first kappa shape index (κ1) is 17.1. The van der Waals surface area contributed by atoms with Crippen molar-refractivity contribution in [1.82, 2.24) is 0 Å². The molecular formula is C14H32O2Si. The summed E-state index contributed by atoms with van der Waals surface area (Å²) in [6.07, 6.45) is 8.99. The second-order valence-electron chi connectivity index (χ2n) is 4.83. The van der Waals surface area contributed by atoms with Gasteiger partial charge in [-0.1, -0.05) is 39.5 Å². The third kappa shape index (κ3) is 12.4. The van der Waals surface area contributed by atoms with Gasteiger partial charge in [0.25, 0.3) is 0 Å². The summed E-state index contributed by atoms with van der Waals surface area (Å²) in [7, 11) is 0.914. The van der Waals surface area contributed by atoms with E-state index >= 15 is 0 Å². The summed E-state index contributed by atoms with van der Waals surface area (Å²) in [5.41, 5.74) is 0. The van der Waals surface area contributed by atoms with E-state index in [0.29, 0.717) is 0 Å². The van der Waals surface area contributed by atoms with Crippen molar-refractivity contribution in [1.29, 1.82) is 0 Å². The Hall–Kier alpha value is 0.137. The minimum Gasteiger partial charge on any atom is -0.420 e. The highest BCUT2D eigenvalue weighted by Crippen LogP contribution is 2.11. The lowest BCUT2D eigenvalue weighted by molar-refractivity contribution is 0.189. The topological polar surface area (TPSA) is 18.5 Å². The van der Waals surface area contributed by atoms with Gasteiger partial charge in [0.15, 0.2) is 9.04 Å². The summed E-state index contributed by atoms with van der Waals surface area (Å²) in [6, 6.07) is 2.77. The van der Waals surface area contributed by atoms with Crippen LogP contribution in [0.2, 0.25) is 12.1 Å². The lowest BCUT2D eigenvalue weighted by atomic mass is 10.2. The first-order chi connectivity index (χ1) is 8.35. The van der Waals surface area contributed by atoms with Crippen molar-refractivity contribution in [2.45, 2.75) is 70.9 Å². The normalized spacial score (nSPS) is 11.3. The van der Waals surface area contributed by atoms with E-state index in [1.54, 1.807) is 7.11 Å². The summed E-state index contributed by atoms with van der Waals surface area (Å²) in [5, 5.41) is 0. The molecule has 0 spiro atoms. The van der Waals surface area contributed by atoms with Crippen molar-refractivity contribution in [3.05, 3.63) is 0 Å². The molecule has 104 valence electrons. The van der Waals surface area contributed by atoms with Gasteiger partial charge in [0.1, 0.15) is 0 Å². The van der Waals surface area contributed by atoms with Gasteiger partial charge in [-0.2, -0.15) is 0 Å². The van der Waals surface area contributed by atoms with Gasteiger partial charge in [-0.15, -0.1) is 0 Å². The zero-order valence-corrected chi connectivity index (χ0v) is 13.3. The average molecular weight is 260 g/mol. The van der Waals surface area contributed by atoms with Crippen LogP contribution in [0.5, 0.6) is 0 Å². The lowest BCUT2D eigenvalue weighted by Crippen LogP contribution is -2.18. The van der Waals surface area contributed by atoms with E-state index in [2.05, 4.69) is 13.8 Å². The monoisotopic (exact) mass is 260 g/mol. The van der Waals surface area contributed by atoms with E-state index in [9.17, 15) is 0 Å². The Morgan fingerprint density at radius 3 is 1.88 bits per heavy atom. The van der Waals surface area contributed by atoms with Crippen LogP contribution in [0, 0.1) is 0 Å². The minimum absolute atomic E-state index is 0.859. The number of rotatable bonds is 13. The Kier molecular flexibility index (Phi) is 14.3. The first-order valence-electron chi connectivity index (χ1n) is 7.45. The molecule has 0 aliphatic rings. The minimum atomic E-state index is -0.859. The molecule has 0 heterocycles. The van der Waals surface area contributed by atoms with Crippen molar-refractivity contribution in [2.75, 3.05) is 20.3 Å². The molecule has 0 atom stereocenters. The quantitative estimate of drug-likeness (QED) is 0.366. The molecule has 0 radical (unpaired) electrons. The van der Waals surface area contributed by atoms with Gasteiger partial charge < -0.3 is 9.16 Å². The zero-order valence-electron chi connectivity index (χ0n) is 12.2. The molecule has 17 heavy (non-hydrogen) atoms. The molecule has 0 unspecified atom stereocenters. The van der Waals surface area contributed by atoms with Crippen molar-refractivity contribution >= 4 is 9.04 Å². The summed E-state index contributed by atoms with van der Waals surface area (Å²) >= 11 is 0. The number of methoxy groups -OCH3 is 1. The second kappa shape index (κ2) is 14.2. The van der Waals surface area contributed by atoms with Crippen LogP contribution >= 0.6 is 0 Å². The smallest absolute Gasteiger partial charge is 0.176 e. The highest BCUT2D eigenvalue weighted by molar-refractivity contribution is 6.51. The summed E-state index contributed by atoms with van der Waals surface area (Å²) in [5.74, 6) is 0. The van der Waals surface area contributed by atoms with E-state index in [1.807, 2.05) is 0 Å². The Bertz CT molecular complexity index is 134. The molecule has 0 fully saturated rings. The predicted molar refractivity (Wildman–Crippen MR) is 78.3 cm³/mol. The van der Waals surface area contributed by atoms with E-state index in [1.165, 1.54) is 57.0 Å². The fraction of sp³-hybridized carbons (Fsp3) is 1.00. The molecule has 0 rings (SSSR count). The zero-order chi connectivity index (χ0) is 12.8. The van der Waals surface area contributed by atoms with Gasteiger partial charge in [-0.05, 0) is 31.4 Å². The SMILES string of the molecule is CCCC[SiH](CCCC)OCCCCCOC. The van der Waals surface area contributed by atoms with Crippen LogP contribution in [0.3, 0.4) is 0 Å². The van der Waals surface area contributed by atoms with Crippen LogP contribution < -0.4 is 0 Å². The molecule has 2 nitrogen and oxygen atoms in total. The lowest BCUT2D eigenvalue weighted by Gasteiger charge is -2.15. The Labute approximate surface area is 110 Å². The van der Waals surface area contributed by atoms with Gasteiger partial charge in [0, 0.05) is 20.3 Å². The largest absolute Gasteiger partial charge is 0.420 e. The van der Waals surface area contributed by atoms with Gasteiger partial charge in [0.2, 0.25) is 0 Å². The molecule has 0 saturated carbocycles. The predicted octanol–water partition coefficient (Wildman–Crippen LogP) is 4.14. The fourth-order valence-electron chi connectivity index (χ4n) is 1.95. The molecule has 0 N–H and O–H groups in total. The molecule has 0 aromatic carbocycles. The van der Waals surface area contributed by atoms with Crippen LogP contribution in [0.15, 0.2) is 0 Å². The molecule has 3 heteroatoms. The Morgan fingerprint density at radius 1 is 0.765 bits per heavy atom. The van der Waals surface area contributed by atoms with E-state index < -0.39 is 9.04 Å². The maximum atomic E-state index is 6.12. The average Bonchev–Trinajstić information content (AvgIpc) is 2.35. The van der Waals surface area contributed by atoms with Crippen molar-refractivity contribution in [3.8, 4) is 0 Å². The van der Waals surface area contributed by atoms with Crippen molar-refractivity contribution < 1.29 is 9.16 Å². The summed E-state index contributed by atoms with van der Waals surface area (Å²) < 4.78 is 11.2. The van der Waals surface area contributed by atoms with Gasteiger partial charge in [-0.3, -0.25) is 0 Å². The molecule has 0 aliphatic carbocycles. The molecule has 0 aromatic rings. The molecule has 0 aliphatic heterocycles. The maximum absolute atomic E-state index is 6.12. The highest BCUT2D eigenvalue weighted by atomic mass is 28.3. The van der Waals surface area contributed by atoms with Crippen LogP contribution in [0.25, 0.3) is 0 Å². The van der Waals surface area contributed by atoms with Crippen molar-refractivity contribution in [3.63, 3.8) is 0 Å². The van der Waals surface area contributed by atoms with Gasteiger partial charge in [-0.25, -0.2) is 0 Å². The number of hydrogen-bond donors (Lipinski definition) is 0. The highest BCUT2D eigenvalue weighted by Gasteiger charge is 2.10. The van der Waals surface area contributed by atoms with Crippen LogP contribution in [-0.2, 0) is 9.16 Å². The van der Waals surface area contributed by atoms with E-state index in [0.717, 1.165) is 13.2 Å². The van der Waals surface area contributed by atoms with Crippen molar-refractivity contribution in [2.24, 2.45) is 0 Å². The molecule has 0 bridgehead atoms. The van der Waals surface area contributed by atoms with Gasteiger partial charge >= 0.3 is 0 Å². The number of unbranched alkanes of at least 4 members (excludes halogenated alkanes) is 4. The van der Waals surface area contributed by atoms with Gasteiger partial charge in [0.05, 0.1) is 0 Å². The Balaban J connectivity index is 3.45. The molecule has 0 aromatic heterocycles. The molecule has 0 saturated heterocycles. The van der Waals surface area contributed by atoms with Crippen LogP contribution in [0.4, 0.5) is 0 Å². The Morgan fingerprint density at radius 2 is 1.35 bits per heavy atom. The third-order valence-corrected chi connectivity index (χ3v) is 5.92. The second-order valence-corrected chi connectivity index (χ2v) is 7.56. The van der Waals surface area contributed by atoms with Crippen LogP contribution in [0.1, 0.15) is 58.8 Å². The standard InChI is InChI=1S/C14H32O2Si/c1-4-6-13-17(14-7-5-2)16-12-10-8-9-11-15-3/h17H,4-14H2,1-3H3. The maximum Gasteiger partial charge on any atom is 0.176 e. The summed E-state index contributed by atoms with van der Waals surface area (Å²) in [4.78, 5) is 0. The summed E-state index contributed by atoms with van der Waals surface area (Å²) in [6.45, 7) is 6.44. The first-order valence-corrected chi connectivity index (χ1v) is 9.56. The van der Waals surface area contributed by atoms with Crippen LogP contribution in [-0.4, -0.2) is 29.4 Å². The molecule has 0 amide bonds. The number of ether oxygens (including phenoxy) is 1. The van der Waals surface area contributed by atoms with E-state index in [-0.39, 0.29) is 0 Å². The number of hydrogen-bond acceptors (Lipinski definition) is 2. The van der Waals surface area contributed by atoms with E-state index in [4.69, 9.17) is 9.16 Å². The fourth-order valence-corrected chi connectivity index (χ4v) is 4.80. The molecular weight excluding hydrogens is 228 g/mol.